The third kappa shape index (κ3) is 4.32. The van der Waals surface area contributed by atoms with Crippen molar-refractivity contribution in [2.75, 3.05) is 6.61 Å². The van der Waals surface area contributed by atoms with Gasteiger partial charge in [-0.1, -0.05) is 45.4 Å². The minimum Gasteiger partial charge on any atom is -0.465 e. The lowest BCUT2D eigenvalue weighted by molar-refractivity contribution is -0.163. The number of ether oxygens (including phenoxy) is 1. The van der Waals surface area contributed by atoms with Gasteiger partial charge in [0.05, 0.1) is 6.61 Å². The lowest BCUT2D eigenvalue weighted by Crippen LogP contribution is -2.43. The largest absolute Gasteiger partial charge is 0.465 e. The number of unbranched alkanes of at least 4 members (excludes halogenated alkanes) is 4. The number of Topliss-reactive ketones (excluding diaryl/α,β-unsaturated/α-hetero) is 1. The van der Waals surface area contributed by atoms with Crippen molar-refractivity contribution in [1.82, 2.24) is 0 Å². The van der Waals surface area contributed by atoms with Crippen LogP contribution in [0.25, 0.3) is 0 Å². The number of carbonyl (C=O) groups excluding carboxylic acids is 2. The Balaban J connectivity index is 2.58. The van der Waals surface area contributed by atoms with Gasteiger partial charge in [0, 0.05) is 6.42 Å². The van der Waals surface area contributed by atoms with Gasteiger partial charge in [0.1, 0.15) is 11.2 Å². The van der Waals surface area contributed by atoms with Crippen LogP contribution in [-0.4, -0.2) is 18.4 Å². The van der Waals surface area contributed by atoms with Crippen LogP contribution in [0.3, 0.4) is 0 Å². The highest BCUT2D eigenvalue weighted by Gasteiger charge is 2.47. The average molecular weight is 268 g/mol. The molecule has 0 heterocycles. The van der Waals surface area contributed by atoms with E-state index in [-0.39, 0.29) is 11.8 Å². The molecule has 0 N–H and O–H groups in total. The van der Waals surface area contributed by atoms with Gasteiger partial charge in [-0.15, -0.1) is 0 Å². The predicted molar refractivity (Wildman–Crippen MR) is 75.9 cm³/mol. The quantitative estimate of drug-likeness (QED) is 0.379. The first-order valence-electron chi connectivity index (χ1n) is 7.88. The first kappa shape index (κ1) is 16.2. The van der Waals surface area contributed by atoms with Crippen molar-refractivity contribution >= 4 is 11.8 Å². The normalized spacial score (nSPS) is 23.4. The Morgan fingerprint density at radius 1 is 1.16 bits per heavy atom. The number of ketones is 1. The van der Waals surface area contributed by atoms with Crippen molar-refractivity contribution in [3.05, 3.63) is 0 Å². The van der Waals surface area contributed by atoms with Crippen molar-refractivity contribution in [2.24, 2.45) is 5.41 Å². The molecule has 0 aliphatic heterocycles. The van der Waals surface area contributed by atoms with E-state index in [1.54, 1.807) is 6.92 Å². The maximum Gasteiger partial charge on any atom is 0.319 e. The number of hydrogen-bond acceptors (Lipinski definition) is 3. The molecule has 19 heavy (non-hydrogen) atoms. The molecule has 1 rings (SSSR count). The SMILES string of the molecule is CCCCCCCC1(C(=O)OCC)CCCCC1=O. The summed E-state index contributed by atoms with van der Waals surface area (Å²) in [7, 11) is 0. The second kappa shape index (κ2) is 8.34. The fraction of sp³-hybridized carbons (Fsp3) is 0.875. The lowest BCUT2D eigenvalue weighted by atomic mass is 9.70. The molecule has 3 nitrogen and oxygen atoms in total. The second-order valence-corrected chi connectivity index (χ2v) is 5.60. The van der Waals surface area contributed by atoms with Crippen LogP contribution in [0.1, 0.15) is 78.1 Å². The summed E-state index contributed by atoms with van der Waals surface area (Å²) in [5.41, 5.74) is -0.805. The summed E-state index contributed by atoms with van der Waals surface area (Å²) in [6.07, 6.45) is 9.55. The monoisotopic (exact) mass is 268 g/mol. The molecular formula is C16H28O3. The zero-order valence-corrected chi connectivity index (χ0v) is 12.5. The first-order chi connectivity index (χ1) is 9.17. The molecule has 0 spiro atoms. The highest BCUT2D eigenvalue weighted by Crippen LogP contribution is 2.39. The molecule has 1 atom stereocenters. The Kier molecular flexibility index (Phi) is 7.11. The minimum absolute atomic E-state index is 0.118. The Labute approximate surface area is 117 Å². The highest BCUT2D eigenvalue weighted by molar-refractivity contribution is 6.04. The van der Waals surface area contributed by atoms with E-state index >= 15 is 0 Å². The fourth-order valence-corrected chi connectivity index (χ4v) is 2.97. The van der Waals surface area contributed by atoms with E-state index in [2.05, 4.69) is 6.92 Å². The van der Waals surface area contributed by atoms with E-state index in [1.165, 1.54) is 19.3 Å². The van der Waals surface area contributed by atoms with Gasteiger partial charge in [-0.2, -0.15) is 0 Å². The molecule has 1 aliphatic carbocycles. The first-order valence-corrected chi connectivity index (χ1v) is 7.88. The van der Waals surface area contributed by atoms with Gasteiger partial charge in [0.25, 0.3) is 0 Å². The van der Waals surface area contributed by atoms with Crippen LogP contribution in [0.15, 0.2) is 0 Å². The Morgan fingerprint density at radius 3 is 2.53 bits per heavy atom. The van der Waals surface area contributed by atoms with Gasteiger partial charge < -0.3 is 4.74 Å². The van der Waals surface area contributed by atoms with Gasteiger partial charge in [0.15, 0.2) is 0 Å². The van der Waals surface area contributed by atoms with E-state index in [9.17, 15) is 9.59 Å². The molecule has 1 saturated carbocycles. The number of esters is 1. The summed E-state index contributed by atoms with van der Waals surface area (Å²) >= 11 is 0. The molecular weight excluding hydrogens is 240 g/mol. The van der Waals surface area contributed by atoms with Crippen LogP contribution >= 0.6 is 0 Å². The topological polar surface area (TPSA) is 43.4 Å². The molecule has 0 saturated heterocycles. The van der Waals surface area contributed by atoms with Crippen molar-refractivity contribution < 1.29 is 14.3 Å². The van der Waals surface area contributed by atoms with Crippen molar-refractivity contribution in [2.45, 2.75) is 78.1 Å². The lowest BCUT2D eigenvalue weighted by Gasteiger charge is -2.33. The molecule has 0 aromatic carbocycles. The van der Waals surface area contributed by atoms with Crippen LogP contribution < -0.4 is 0 Å². The van der Waals surface area contributed by atoms with Crippen LogP contribution in [0.2, 0.25) is 0 Å². The van der Waals surface area contributed by atoms with Gasteiger partial charge in [0.2, 0.25) is 0 Å². The predicted octanol–water partition coefficient (Wildman–Crippen LogP) is 4.04. The molecule has 0 amide bonds. The van der Waals surface area contributed by atoms with Crippen molar-refractivity contribution in [3.63, 3.8) is 0 Å². The summed E-state index contributed by atoms with van der Waals surface area (Å²) in [4.78, 5) is 24.5. The second-order valence-electron chi connectivity index (χ2n) is 5.60. The average Bonchev–Trinajstić information content (AvgIpc) is 2.41. The molecule has 0 aromatic heterocycles. The van der Waals surface area contributed by atoms with Gasteiger partial charge in [-0.25, -0.2) is 0 Å². The van der Waals surface area contributed by atoms with Crippen LogP contribution in [0, 0.1) is 5.41 Å². The fourth-order valence-electron chi connectivity index (χ4n) is 2.97. The van der Waals surface area contributed by atoms with E-state index < -0.39 is 5.41 Å². The molecule has 1 fully saturated rings. The van der Waals surface area contributed by atoms with Crippen LogP contribution in [0.5, 0.6) is 0 Å². The summed E-state index contributed by atoms with van der Waals surface area (Å²) < 4.78 is 5.17. The van der Waals surface area contributed by atoms with Gasteiger partial charge in [-0.05, 0) is 26.2 Å². The molecule has 1 unspecified atom stereocenters. The van der Waals surface area contributed by atoms with Gasteiger partial charge >= 0.3 is 5.97 Å². The Bertz CT molecular complexity index is 298. The standard InChI is InChI=1S/C16H28O3/c1-3-5-6-7-9-12-16(15(18)19-4-2)13-10-8-11-14(16)17/h3-13H2,1-2H3. The number of hydrogen-bond donors (Lipinski definition) is 0. The molecule has 1 aliphatic rings. The van der Waals surface area contributed by atoms with E-state index in [0.29, 0.717) is 25.9 Å². The Hall–Kier alpha value is -0.860. The van der Waals surface area contributed by atoms with Crippen molar-refractivity contribution in [3.8, 4) is 0 Å². The zero-order valence-electron chi connectivity index (χ0n) is 12.5. The molecule has 0 aromatic rings. The maximum absolute atomic E-state index is 12.3. The van der Waals surface area contributed by atoms with E-state index in [4.69, 9.17) is 4.74 Å². The molecule has 3 heteroatoms. The summed E-state index contributed by atoms with van der Waals surface area (Å²) in [5.74, 6) is -0.150. The van der Waals surface area contributed by atoms with E-state index in [1.807, 2.05) is 0 Å². The number of rotatable bonds is 8. The summed E-state index contributed by atoms with van der Waals surface area (Å²) in [6.45, 7) is 4.36. The third-order valence-electron chi connectivity index (χ3n) is 4.16. The van der Waals surface area contributed by atoms with E-state index in [0.717, 1.165) is 25.7 Å². The molecule has 110 valence electrons. The maximum atomic E-state index is 12.3. The third-order valence-corrected chi connectivity index (χ3v) is 4.16. The van der Waals surface area contributed by atoms with Gasteiger partial charge in [-0.3, -0.25) is 9.59 Å². The highest BCUT2D eigenvalue weighted by atomic mass is 16.5. The molecule has 0 radical (unpaired) electrons. The minimum atomic E-state index is -0.805. The van der Waals surface area contributed by atoms with Crippen LogP contribution in [-0.2, 0) is 14.3 Å². The Morgan fingerprint density at radius 2 is 1.89 bits per heavy atom. The molecule has 0 bridgehead atoms. The zero-order chi connectivity index (χ0) is 14.1. The van der Waals surface area contributed by atoms with Crippen molar-refractivity contribution in [1.29, 1.82) is 0 Å². The van der Waals surface area contributed by atoms with Crippen LogP contribution in [0.4, 0.5) is 0 Å². The summed E-state index contributed by atoms with van der Waals surface area (Å²) in [6, 6.07) is 0. The summed E-state index contributed by atoms with van der Waals surface area (Å²) in [5, 5.41) is 0. The smallest absolute Gasteiger partial charge is 0.319 e. The number of carbonyl (C=O) groups is 2.